The summed E-state index contributed by atoms with van der Waals surface area (Å²) in [5, 5.41) is 11.2. The molecule has 2 aliphatic heterocycles. The number of carbonyl (C=O) groups excluding carboxylic acids is 1. The van der Waals surface area contributed by atoms with Crippen LogP contribution in [0.2, 0.25) is 0 Å². The Morgan fingerprint density at radius 2 is 2.12 bits per heavy atom. The molecule has 32 heavy (non-hydrogen) atoms. The van der Waals surface area contributed by atoms with Crippen molar-refractivity contribution in [2.24, 2.45) is 5.41 Å². The maximum absolute atomic E-state index is 12.7. The van der Waals surface area contributed by atoms with E-state index in [1.807, 2.05) is 39.9 Å². The van der Waals surface area contributed by atoms with Crippen molar-refractivity contribution >= 4 is 23.2 Å². The summed E-state index contributed by atoms with van der Waals surface area (Å²) >= 11 is 1.63. The van der Waals surface area contributed by atoms with Gasteiger partial charge in [0.1, 0.15) is 0 Å². The number of rotatable bonds is 5. The fraction of sp³-hybridized carbons (Fsp3) is 0.476. The maximum Gasteiger partial charge on any atom is 0.490 e. The lowest BCUT2D eigenvalue weighted by Gasteiger charge is -2.43. The van der Waals surface area contributed by atoms with E-state index in [1.165, 1.54) is 0 Å². The third-order valence-electron chi connectivity index (χ3n) is 5.44. The molecule has 2 atom stereocenters. The number of aliphatic carboxylic acids is 1. The number of halogens is 3. The van der Waals surface area contributed by atoms with Crippen molar-refractivity contribution in [3.8, 4) is 5.88 Å². The zero-order chi connectivity index (χ0) is 23.2. The van der Waals surface area contributed by atoms with Crippen LogP contribution in [0.1, 0.15) is 18.4 Å². The summed E-state index contributed by atoms with van der Waals surface area (Å²) in [6, 6.07) is 7.68. The van der Waals surface area contributed by atoms with E-state index in [4.69, 9.17) is 19.4 Å². The number of aromatic nitrogens is 1. The molecule has 2 aromatic rings. The van der Waals surface area contributed by atoms with E-state index >= 15 is 0 Å². The summed E-state index contributed by atoms with van der Waals surface area (Å²) < 4.78 is 43.6. The van der Waals surface area contributed by atoms with Crippen LogP contribution < -0.4 is 4.74 Å². The van der Waals surface area contributed by atoms with Crippen molar-refractivity contribution in [2.45, 2.75) is 31.5 Å². The first-order valence-corrected chi connectivity index (χ1v) is 10.9. The maximum atomic E-state index is 12.7. The minimum absolute atomic E-state index is 0.125. The minimum Gasteiger partial charge on any atom is -0.477 e. The number of amides is 1. The number of alkyl halides is 3. The molecule has 4 heterocycles. The Hall–Kier alpha value is -2.66. The standard InChI is InChI=1S/C19H22N2O3S.C2HF3O2/c22-18(11-15-5-10-25-12-15)21-8-4-16-19(13-21,6-9-23-16)14-24-17-3-1-2-7-20-17;3-2(4,5)1(6)7/h1-3,5,7,10,12,16H,4,6,8-9,11,13-14H2;(H,6,7)/t16-,19+;/m1./s1. The highest BCUT2D eigenvalue weighted by atomic mass is 32.1. The van der Waals surface area contributed by atoms with Crippen LogP contribution in [0.4, 0.5) is 13.2 Å². The highest BCUT2D eigenvalue weighted by molar-refractivity contribution is 7.08. The van der Waals surface area contributed by atoms with Crippen molar-refractivity contribution in [3.63, 3.8) is 0 Å². The summed E-state index contributed by atoms with van der Waals surface area (Å²) in [4.78, 5) is 27.8. The minimum atomic E-state index is -5.08. The lowest BCUT2D eigenvalue weighted by atomic mass is 9.77. The SMILES string of the molecule is O=C(Cc1ccsc1)N1CC[C@H]2OCC[C@@]2(COc2ccccn2)C1.O=C(O)C(F)(F)F. The van der Waals surface area contributed by atoms with Gasteiger partial charge in [-0.3, -0.25) is 4.79 Å². The Bertz CT molecular complexity index is 895. The number of carboxylic acid groups (broad SMARTS) is 1. The molecule has 0 aliphatic carbocycles. The molecule has 2 aliphatic rings. The molecule has 11 heteroatoms. The van der Waals surface area contributed by atoms with Crippen molar-refractivity contribution in [1.29, 1.82) is 0 Å². The molecule has 2 saturated heterocycles. The van der Waals surface area contributed by atoms with Crippen molar-refractivity contribution in [1.82, 2.24) is 9.88 Å². The van der Waals surface area contributed by atoms with Crippen molar-refractivity contribution in [3.05, 3.63) is 46.8 Å². The number of piperidine rings is 1. The van der Waals surface area contributed by atoms with E-state index in [2.05, 4.69) is 4.98 Å². The second kappa shape index (κ2) is 10.3. The van der Waals surface area contributed by atoms with Gasteiger partial charge in [-0.15, -0.1) is 0 Å². The molecule has 0 saturated carbocycles. The molecule has 1 N–H and O–H groups in total. The zero-order valence-corrected chi connectivity index (χ0v) is 17.9. The smallest absolute Gasteiger partial charge is 0.477 e. The Kier molecular flexibility index (Phi) is 7.73. The Labute approximate surface area is 186 Å². The van der Waals surface area contributed by atoms with Gasteiger partial charge in [0, 0.05) is 32.0 Å². The second-order valence-corrected chi connectivity index (χ2v) is 8.42. The van der Waals surface area contributed by atoms with E-state index in [0.717, 1.165) is 31.6 Å². The predicted molar refractivity (Wildman–Crippen MR) is 109 cm³/mol. The number of likely N-dealkylation sites (tertiary alicyclic amines) is 1. The fourth-order valence-electron chi connectivity index (χ4n) is 3.80. The van der Waals surface area contributed by atoms with E-state index in [1.54, 1.807) is 17.5 Å². The molecular formula is C21H23F3N2O5S. The average Bonchev–Trinajstić information content (AvgIpc) is 3.42. The number of nitrogens with zero attached hydrogens (tertiary/aromatic N) is 2. The van der Waals surface area contributed by atoms with Crippen molar-refractivity contribution in [2.75, 3.05) is 26.3 Å². The second-order valence-electron chi connectivity index (χ2n) is 7.64. The molecule has 1 amide bonds. The first kappa shape index (κ1) is 24.0. The lowest BCUT2D eigenvalue weighted by Crippen LogP contribution is -2.54. The van der Waals surface area contributed by atoms with Crippen LogP contribution in [0.3, 0.4) is 0 Å². The molecule has 0 aromatic carbocycles. The summed E-state index contributed by atoms with van der Waals surface area (Å²) in [5.41, 5.74) is 0.971. The van der Waals surface area contributed by atoms with Crippen LogP contribution in [0.5, 0.6) is 5.88 Å². The van der Waals surface area contributed by atoms with E-state index < -0.39 is 12.1 Å². The number of carbonyl (C=O) groups is 2. The monoisotopic (exact) mass is 472 g/mol. The molecule has 174 valence electrons. The molecule has 4 rings (SSSR count). The van der Waals surface area contributed by atoms with Crippen LogP contribution in [0.15, 0.2) is 41.2 Å². The number of carboxylic acids is 1. The number of hydrogen-bond donors (Lipinski definition) is 1. The highest BCUT2D eigenvalue weighted by Crippen LogP contribution is 2.41. The fourth-order valence-corrected chi connectivity index (χ4v) is 4.47. The molecule has 7 nitrogen and oxygen atoms in total. The van der Waals surface area contributed by atoms with Gasteiger partial charge < -0.3 is 19.5 Å². The highest BCUT2D eigenvalue weighted by Gasteiger charge is 2.49. The third-order valence-corrected chi connectivity index (χ3v) is 6.18. The molecule has 2 fully saturated rings. The first-order chi connectivity index (χ1) is 15.2. The molecule has 0 unspecified atom stereocenters. The normalized spacial score (nSPS) is 22.5. The van der Waals surface area contributed by atoms with Gasteiger partial charge in [-0.05, 0) is 41.3 Å². The summed E-state index contributed by atoms with van der Waals surface area (Å²) in [5.74, 6) is -1.93. The number of fused-ring (bicyclic) bond motifs is 1. The van der Waals surface area contributed by atoms with Gasteiger partial charge >= 0.3 is 12.1 Å². The van der Waals surface area contributed by atoms with Crippen molar-refractivity contribution < 1.29 is 37.3 Å². The van der Waals surface area contributed by atoms with Gasteiger partial charge in [0.05, 0.1) is 24.5 Å². The molecule has 2 aromatic heterocycles. The lowest BCUT2D eigenvalue weighted by molar-refractivity contribution is -0.192. The van der Waals surface area contributed by atoms with Crippen LogP contribution in [0, 0.1) is 5.41 Å². The van der Waals surface area contributed by atoms with Crippen LogP contribution in [0.25, 0.3) is 0 Å². The van der Waals surface area contributed by atoms with Gasteiger partial charge in [0.25, 0.3) is 0 Å². The van der Waals surface area contributed by atoms with Gasteiger partial charge in [-0.25, -0.2) is 9.78 Å². The average molecular weight is 472 g/mol. The number of ether oxygens (including phenoxy) is 2. The zero-order valence-electron chi connectivity index (χ0n) is 17.1. The third kappa shape index (κ3) is 6.19. The first-order valence-electron chi connectivity index (χ1n) is 9.94. The Morgan fingerprint density at radius 3 is 2.75 bits per heavy atom. The van der Waals surface area contributed by atoms with Gasteiger partial charge in [-0.1, -0.05) is 6.07 Å². The largest absolute Gasteiger partial charge is 0.490 e. The predicted octanol–water partition coefficient (Wildman–Crippen LogP) is 3.41. The van der Waals surface area contributed by atoms with Crippen LogP contribution in [-0.4, -0.2) is 65.5 Å². The van der Waals surface area contributed by atoms with Crippen LogP contribution >= 0.6 is 11.3 Å². The van der Waals surface area contributed by atoms with Gasteiger partial charge in [0.15, 0.2) is 0 Å². The Morgan fingerprint density at radius 1 is 1.34 bits per heavy atom. The number of thiophene rings is 1. The molecule has 0 spiro atoms. The van der Waals surface area contributed by atoms with E-state index in [-0.39, 0.29) is 17.4 Å². The van der Waals surface area contributed by atoms with Crippen LogP contribution in [-0.2, 0) is 20.7 Å². The topological polar surface area (TPSA) is 89.0 Å². The molecule has 0 radical (unpaired) electrons. The van der Waals surface area contributed by atoms with E-state index in [9.17, 15) is 18.0 Å². The van der Waals surface area contributed by atoms with E-state index in [0.29, 0.717) is 25.5 Å². The summed E-state index contributed by atoms with van der Waals surface area (Å²) in [6.07, 6.45) is -0.908. The quantitative estimate of drug-likeness (QED) is 0.718. The Balaban J connectivity index is 0.000000360. The number of hydrogen-bond acceptors (Lipinski definition) is 6. The molecule has 0 bridgehead atoms. The van der Waals surface area contributed by atoms with Gasteiger partial charge in [-0.2, -0.15) is 24.5 Å². The molecular weight excluding hydrogens is 449 g/mol. The summed E-state index contributed by atoms with van der Waals surface area (Å²) in [7, 11) is 0. The number of pyridine rings is 1. The summed E-state index contributed by atoms with van der Waals surface area (Å²) in [6.45, 7) is 2.74. The van der Waals surface area contributed by atoms with Gasteiger partial charge in [0.2, 0.25) is 11.8 Å².